The van der Waals surface area contributed by atoms with Crippen molar-refractivity contribution in [3.05, 3.63) is 35.9 Å². The van der Waals surface area contributed by atoms with E-state index in [2.05, 4.69) is 17.0 Å². The maximum absolute atomic E-state index is 10.3. The maximum atomic E-state index is 10.3. The average molecular weight is 261 g/mol. The first-order valence-corrected chi connectivity index (χ1v) is 7.42. The lowest BCUT2D eigenvalue weighted by molar-refractivity contribution is -0.00706. The molecule has 1 aromatic carbocycles. The quantitative estimate of drug-likeness (QED) is 0.852. The number of nitrogens with zero attached hydrogens (tertiary/aromatic N) is 1. The third-order valence-corrected chi connectivity index (χ3v) is 4.69. The van der Waals surface area contributed by atoms with Gasteiger partial charge in [0.1, 0.15) is 0 Å². The molecule has 0 spiro atoms. The van der Waals surface area contributed by atoms with E-state index in [4.69, 9.17) is 0 Å². The molecule has 0 bridgehead atoms. The highest BCUT2D eigenvalue weighted by molar-refractivity contribution is 5.25. The highest BCUT2D eigenvalue weighted by Gasteiger charge is 2.45. The van der Waals surface area contributed by atoms with E-state index in [1.54, 1.807) is 0 Å². The number of likely N-dealkylation sites (tertiary alicyclic amines) is 1. The van der Waals surface area contributed by atoms with Crippen LogP contribution in [0.5, 0.6) is 0 Å². The van der Waals surface area contributed by atoms with Gasteiger partial charge in [-0.15, -0.1) is 0 Å². The molecule has 19 heavy (non-hydrogen) atoms. The number of benzene rings is 1. The number of aliphatic hydroxyl groups excluding tert-OH is 2. The summed E-state index contributed by atoms with van der Waals surface area (Å²) in [6, 6.07) is 10.4. The molecule has 2 N–H and O–H groups in total. The maximum Gasteiger partial charge on any atom is 0.0959 e. The van der Waals surface area contributed by atoms with Gasteiger partial charge >= 0.3 is 0 Å². The fourth-order valence-electron chi connectivity index (χ4n) is 3.73. The van der Waals surface area contributed by atoms with E-state index in [0.717, 1.165) is 13.1 Å². The lowest BCUT2D eigenvalue weighted by Gasteiger charge is -2.37. The Bertz CT molecular complexity index is 402. The monoisotopic (exact) mass is 261 g/mol. The molecular weight excluding hydrogens is 238 g/mol. The van der Waals surface area contributed by atoms with Gasteiger partial charge in [-0.25, -0.2) is 0 Å². The Morgan fingerprint density at radius 3 is 2.32 bits per heavy atom. The van der Waals surface area contributed by atoms with Crippen LogP contribution in [0.3, 0.4) is 0 Å². The van der Waals surface area contributed by atoms with Crippen LogP contribution in [0, 0.1) is 0 Å². The van der Waals surface area contributed by atoms with Gasteiger partial charge in [0.15, 0.2) is 0 Å². The van der Waals surface area contributed by atoms with Gasteiger partial charge in [-0.1, -0.05) is 36.8 Å². The minimum Gasteiger partial charge on any atom is -0.390 e. The average Bonchev–Trinajstić information content (AvgIpc) is 2.77. The van der Waals surface area contributed by atoms with Crippen LogP contribution < -0.4 is 0 Å². The second kappa shape index (κ2) is 5.61. The van der Waals surface area contributed by atoms with Crippen molar-refractivity contribution in [3.63, 3.8) is 0 Å². The second-order valence-corrected chi connectivity index (χ2v) is 5.90. The Morgan fingerprint density at radius 2 is 1.63 bits per heavy atom. The molecule has 1 aliphatic carbocycles. The molecule has 0 radical (unpaired) electrons. The molecule has 1 aromatic rings. The molecule has 0 aromatic heterocycles. The van der Waals surface area contributed by atoms with E-state index in [0.29, 0.717) is 6.42 Å². The summed E-state index contributed by atoms with van der Waals surface area (Å²) in [7, 11) is 0. The standard InChI is InChI=1S/C16H23NO2/c18-14-11-13(12-7-3-1-4-8-12)15(16(14)19)17-9-5-2-6-10-17/h1,3-4,7-8,13-16,18-19H,2,5-6,9-11H2/t13-,14-,15-,16-/m1/s1. The SMILES string of the molecule is O[C@H]1[C@H](N2CCCCC2)[C@@H](c2ccccc2)C[C@H]1O. The normalized spacial score (nSPS) is 36.5. The predicted molar refractivity (Wildman–Crippen MR) is 75.0 cm³/mol. The van der Waals surface area contributed by atoms with Gasteiger partial charge < -0.3 is 10.2 Å². The molecule has 1 saturated carbocycles. The van der Waals surface area contributed by atoms with E-state index in [1.807, 2.05) is 18.2 Å². The molecule has 0 amide bonds. The molecule has 1 saturated heterocycles. The van der Waals surface area contributed by atoms with Gasteiger partial charge in [-0.05, 0) is 37.9 Å². The molecule has 2 fully saturated rings. The predicted octanol–water partition coefficient (Wildman–Crippen LogP) is 1.75. The highest BCUT2D eigenvalue weighted by Crippen LogP contribution is 2.39. The van der Waals surface area contributed by atoms with Gasteiger partial charge in [0.25, 0.3) is 0 Å². The Kier molecular flexibility index (Phi) is 3.87. The van der Waals surface area contributed by atoms with E-state index >= 15 is 0 Å². The van der Waals surface area contributed by atoms with Gasteiger partial charge in [-0.2, -0.15) is 0 Å². The lowest BCUT2D eigenvalue weighted by Crippen LogP contribution is -2.47. The summed E-state index contributed by atoms with van der Waals surface area (Å²) in [5.41, 5.74) is 1.24. The van der Waals surface area contributed by atoms with Crippen molar-refractivity contribution in [2.75, 3.05) is 13.1 Å². The summed E-state index contributed by atoms with van der Waals surface area (Å²) in [5.74, 6) is 0.254. The molecule has 3 nitrogen and oxygen atoms in total. The third-order valence-electron chi connectivity index (χ3n) is 4.69. The second-order valence-electron chi connectivity index (χ2n) is 5.90. The summed E-state index contributed by atoms with van der Waals surface area (Å²) >= 11 is 0. The minimum absolute atomic E-state index is 0.0812. The van der Waals surface area contributed by atoms with Crippen molar-refractivity contribution >= 4 is 0 Å². The molecular formula is C16H23NO2. The Labute approximate surface area is 114 Å². The molecule has 3 rings (SSSR count). The Balaban J connectivity index is 1.85. The zero-order valence-electron chi connectivity index (χ0n) is 11.3. The first-order chi connectivity index (χ1) is 9.27. The van der Waals surface area contributed by atoms with Crippen LogP contribution in [0.4, 0.5) is 0 Å². The van der Waals surface area contributed by atoms with Crippen LogP contribution in [0.15, 0.2) is 30.3 Å². The molecule has 1 heterocycles. The van der Waals surface area contributed by atoms with Crippen LogP contribution in [-0.2, 0) is 0 Å². The summed E-state index contributed by atoms with van der Waals surface area (Å²) in [5, 5.41) is 20.4. The molecule has 3 heteroatoms. The Hall–Kier alpha value is -0.900. The van der Waals surface area contributed by atoms with Crippen LogP contribution in [0.2, 0.25) is 0 Å². The fourth-order valence-corrected chi connectivity index (χ4v) is 3.73. The van der Waals surface area contributed by atoms with Gasteiger partial charge in [-0.3, -0.25) is 4.90 Å². The first kappa shape index (κ1) is 13.1. The van der Waals surface area contributed by atoms with Crippen LogP contribution in [0.25, 0.3) is 0 Å². The lowest BCUT2D eigenvalue weighted by atomic mass is 9.91. The van der Waals surface area contributed by atoms with Gasteiger partial charge in [0.2, 0.25) is 0 Å². The third kappa shape index (κ3) is 2.55. The number of hydrogen-bond donors (Lipinski definition) is 2. The van der Waals surface area contributed by atoms with Crippen molar-refractivity contribution in [3.8, 4) is 0 Å². The largest absolute Gasteiger partial charge is 0.390 e. The van der Waals surface area contributed by atoms with Crippen molar-refractivity contribution < 1.29 is 10.2 Å². The molecule has 4 atom stereocenters. The van der Waals surface area contributed by atoms with E-state index < -0.39 is 12.2 Å². The van der Waals surface area contributed by atoms with Crippen molar-refractivity contribution in [1.29, 1.82) is 0 Å². The summed E-state index contributed by atoms with van der Waals surface area (Å²) in [4.78, 5) is 2.39. The molecule has 1 aliphatic heterocycles. The summed E-state index contributed by atoms with van der Waals surface area (Å²) in [6.45, 7) is 2.11. The molecule has 0 unspecified atom stereocenters. The van der Waals surface area contributed by atoms with Gasteiger partial charge in [0, 0.05) is 12.0 Å². The zero-order valence-corrected chi connectivity index (χ0v) is 11.3. The first-order valence-electron chi connectivity index (χ1n) is 7.42. The minimum atomic E-state index is -0.608. The topological polar surface area (TPSA) is 43.7 Å². The molecule has 2 aliphatic rings. The van der Waals surface area contributed by atoms with Crippen molar-refractivity contribution in [2.24, 2.45) is 0 Å². The zero-order chi connectivity index (χ0) is 13.2. The smallest absolute Gasteiger partial charge is 0.0959 e. The van der Waals surface area contributed by atoms with Crippen LogP contribution in [0.1, 0.15) is 37.2 Å². The molecule has 104 valence electrons. The van der Waals surface area contributed by atoms with E-state index in [1.165, 1.54) is 24.8 Å². The Morgan fingerprint density at radius 1 is 0.947 bits per heavy atom. The number of hydrogen-bond acceptors (Lipinski definition) is 3. The van der Waals surface area contributed by atoms with Crippen LogP contribution >= 0.6 is 0 Å². The number of rotatable bonds is 2. The number of aliphatic hydroxyl groups is 2. The number of piperidine rings is 1. The summed E-state index contributed by atoms with van der Waals surface area (Å²) < 4.78 is 0. The highest BCUT2D eigenvalue weighted by atomic mass is 16.3. The van der Waals surface area contributed by atoms with Gasteiger partial charge in [0.05, 0.1) is 12.2 Å². The van der Waals surface area contributed by atoms with Crippen molar-refractivity contribution in [2.45, 2.75) is 49.9 Å². The fraction of sp³-hybridized carbons (Fsp3) is 0.625. The summed E-state index contributed by atoms with van der Waals surface area (Å²) in [6.07, 6.45) is 3.19. The van der Waals surface area contributed by atoms with Crippen LogP contribution in [-0.4, -0.2) is 46.5 Å². The van der Waals surface area contributed by atoms with E-state index in [-0.39, 0.29) is 12.0 Å². The van der Waals surface area contributed by atoms with E-state index in [9.17, 15) is 10.2 Å². The van der Waals surface area contributed by atoms with Crippen molar-refractivity contribution in [1.82, 2.24) is 4.90 Å².